The predicted molar refractivity (Wildman–Crippen MR) is 76.8 cm³/mol. The van der Waals surface area contributed by atoms with Gasteiger partial charge in [-0.2, -0.15) is 0 Å². The summed E-state index contributed by atoms with van der Waals surface area (Å²) in [5, 5.41) is 3.02. The van der Waals surface area contributed by atoms with Gasteiger partial charge >= 0.3 is 0 Å². The maximum Gasteiger partial charge on any atom is 0.251 e. The highest BCUT2D eigenvalue weighted by atomic mass is 16.1. The molecule has 1 aromatic rings. The highest BCUT2D eigenvalue weighted by molar-refractivity contribution is 5.96. The molecule has 3 N–H and O–H groups in total. The van der Waals surface area contributed by atoms with Crippen LogP contribution in [0.1, 0.15) is 54.6 Å². The second-order valence-electron chi connectivity index (χ2n) is 5.04. The highest BCUT2D eigenvalue weighted by Gasteiger charge is 2.13. The molecule has 0 fully saturated rings. The number of nitrogens with one attached hydrogen (secondary N) is 1. The quantitative estimate of drug-likeness (QED) is 0.786. The van der Waals surface area contributed by atoms with Crippen LogP contribution in [0.4, 0.5) is 5.69 Å². The number of hydrogen-bond donors (Lipinski definition) is 2. The lowest BCUT2D eigenvalue weighted by Crippen LogP contribution is -2.33. The number of hydrogen-bond acceptors (Lipinski definition) is 2. The Balaban J connectivity index is 2.75. The SMILES string of the molecule is CCCCC(C)NC(=O)c1cc(N)c(C)cc1C. The normalized spacial score (nSPS) is 12.2. The third kappa shape index (κ3) is 3.76. The molecule has 0 aliphatic rings. The summed E-state index contributed by atoms with van der Waals surface area (Å²) in [7, 11) is 0. The molecule has 1 amide bonds. The van der Waals surface area contributed by atoms with Crippen molar-refractivity contribution in [3.63, 3.8) is 0 Å². The lowest BCUT2D eigenvalue weighted by Gasteiger charge is -2.15. The van der Waals surface area contributed by atoms with Crippen molar-refractivity contribution in [2.75, 3.05) is 5.73 Å². The molecule has 100 valence electrons. The van der Waals surface area contributed by atoms with Crippen molar-refractivity contribution in [2.45, 2.75) is 53.0 Å². The van der Waals surface area contributed by atoms with Crippen molar-refractivity contribution in [3.05, 3.63) is 28.8 Å². The van der Waals surface area contributed by atoms with Crippen LogP contribution in [0.25, 0.3) is 0 Å². The Hall–Kier alpha value is -1.51. The van der Waals surface area contributed by atoms with E-state index in [1.807, 2.05) is 26.8 Å². The van der Waals surface area contributed by atoms with Gasteiger partial charge in [0.1, 0.15) is 0 Å². The molecule has 18 heavy (non-hydrogen) atoms. The van der Waals surface area contributed by atoms with Crippen molar-refractivity contribution in [3.8, 4) is 0 Å². The van der Waals surface area contributed by atoms with Crippen LogP contribution in [0.3, 0.4) is 0 Å². The number of unbranched alkanes of at least 4 members (excludes halogenated alkanes) is 1. The molecule has 1 atom stereocenters. The van der Waals surface area contributed by atoms with Crippen LogP contribution in [-0.4, -0.2) is 11.9 Å². The molecule has 0 aliphatic heterocycles. The highest BCUT2D eigenvalue weighted by Crippen LogP contribution is 2.18. The molecule has 0 aliphatic carbocycles. The van der Waals surface area contributed by atoms with E-state index in [9.17, 15) is 4.79 Å². The number of carbonyl (C=O) groups excluding carboxylic acids is 1. The molecule has 0 saturated carbocycles. The summed E-state index contributed by atoms with van der Waals surface area (Å²) in [5.41, 5.74) is 9.20. The standard InChI is InChI=1S/C15H24N2O/c1-5-6-7-12(4)17-15(18)13-9-14(16)11(3)8-10(13)2/h8-9,12H,5-7,16H2,1-4H3,(H,17,18). The fraction of sp³-hybridized carbons (Fsp3) is 0.533. The summed E-state index contributed by atoms with van der Waals surface area (Å²) in [6, 6.07) is 3.94. The van der Waals surface area contributed by atoms with E-state index in [0.29, 0.717) is 11.3 Å². The van der Waals surface area contributed by atoms with E-state index < -0.39 is 0 Å². The fourth-order valence-electron chi connectivity index (χ4n) is 2.00. The van der Waals surface area contributed by atoms with Gasteiger partial charge < -0.3 is 11.1 Å². The Kier molecular flexibility index (Phi) is 5.20. The summed E-state index contributed by atoms with van der Waals surface area (Å²) in [6.07, 6.45) is 3.30. The van der Waals surface area contributed by atoms with Crippen molar-refractivity contribution >= 4 is 11.6 Å². The largest absolute Gasteiger partial charge is 0.398 e. The van der Waals surface area contributed by atoms with Gasteiger partial charge in [-0.05, 0) is 44.4 Å². The average molecular weight is 248 g/mol. The molecule has 1 rings (SSSR count). The second-order valence-corrected chi connectivity index (χ2v) is 5.04. The number of rotatable bonds is 5. The van der Waals surface area contributed by atoms with Crippen molar-refractivity contribution in [2.24, 2.45) is 0 Å². The maximum absolute atomic E-state index is 12.1. The van der Waals surface area contributed by atoms with E-state index in [-0.39, 0.29) is 11.9 Å². The van der Waals surface area contributed by atoms with Gasteiger partial charge in [-0.15, -0.1) is 0 Å². The topological polar surface area (TPSA) is 55.1 Å². The average Bonchev–Trinajstić information content (AvgIpc) is 2.31. The monoisotopic (exact) mass is 248 g/mol. The summed E-state index contributed by atoms with van der Waals surface area (Å²) in [5.74, 6) is -0.0252. The van der Waals surface area contributed by atoms with E-state index >= 15 is 0 Å². The molecule has 0 bridgehead atoms. The van der Waals surface area contributed by atoms with Gasteiger partial charge in [0.15, 0.2) is 0 Å². The summed E-state index contributed by atoms with van der Waals surface area (Å²) >= 11 is 0. The van der Waals surface area contributed by atoms with Crippen LogP contribution in [0.5, 0.6) is 0 Å². The first kappa shape index (κ1) is 14.6. The summed E-state index contributed by atoms with van der Waals surface area (Å²) in [4.78, 5) is 12.1. The van der Waals surface area contributed by atoms with Crippen LogP contribution in [0.2, 0.25) is 0 Å². The first-order valence-electron chi connectivity index (χ1n) is 6.63. The Morgan fingerprint density at radius 1 is 1.33 bits per heavy atom. The lowest BCUT2D eigenvalue weighted by molar-refractivity contribution is 0.0937. The van der Waals surface area contributed by atoms with E-state index in [1.165, 1.54) is 0 Å². The molecule has 0 aromatic heterocycles. The molecule has 0 saturated heterocycles. The first-order chi connectivity index (χ1) is 8.45. The lowest BCUT2D eigenvalue weighted by atomic mass is 10.0. The Morgan fingerprint density at radius 3 is 2.61 bits per heavy atom. The molecule has 3 heteroatoms. The van der Waals surface area contributed by atoms with Crippen LogP contribution in [-0.2, 0) is 0 Å². The predicted octanol–water partition coefficient (Wildman–Crippen LogP) is 3.19. The van der Waals surface area contributed by atoms with E-state index in [0.717, 1.165) is 30.4 Å². The van der Waals surface area contributed by atoms with Crippen LogP contribution < -0.4 is 11.1 Å². The van der Waals surface area contributed by atoms with Crippen LogP contribution in [0.15, 0.2) is 12.1 Å². The third-order valence-corrected chi connectivity index (χ3v) is 3.23. The van der Waals surface area contributed by atoms with E-state index in [2.05, 4.69) is 12.2 Å². The number of carbonyl (C=O) groups is 1. The minimum Gasteiger partial charge on any atom is -0.398 e. The Bertz CT molecular complexity index is 427. The van der Waals surface area contributed by atoms with Crippen molar-refractivity contribution in [1.82, 2.24) is 5.32 Å². The second kappa shape index (κ2) is 6.43. The zero-order chi connectivity index (χ0) is 13.7. The van der Waals surface area contributed by atoms with Crippen LogP contribution >= 0.6 is 0 Å². The van der Waals surface area contributed by atoms with Crippen LogP contribution in [0, 0.1) is 13.8 Å². The van der Waals surface area contributed by atoms with Gasteiger partial charge in [-0.25, -0.2) is 0 Å². The number of aryl methyl sites for hydroxylation is 2. The van der Waals surface area contributed by atoms with Crippen molar-refractivity contribution < 1.29 is 4.79 Å². The summed E-state index contributed by atoms with van der Waals surface area (Å²) in [6.45, 7) is 8.09. The zero-order valence-electron chi connectivity index (χ0n) is 11.8. The van der Waals surface area contributed by atoms with Gasteiger partial charge in [0.2, 0.25) is 0 Å². The number of amides is 1. The number of nitrogens with two attached hydrogens (primary N) is 1. The Morgan fingerprint density at radius 2 is 2.00 bits per heavy atom. The third-order valence-electron chi connectivity index (χ3n) is 3.23. The number of benzene rings is 1. The van der Waals surface area contributed by atoms with Gasteiger partial charge in [-0.1, -0.05) is 25.8 Å². The molecule has 1 aromatic carbocycles. The van der Waals surface area contributed by atoms with Gasteiger partial charge in [0.05, 0.1) is 0 Å². The van der Waals surface area contributed by atoms with E-state index in [1.54, 1.807) is 6.07 Å². The smallest absolute Gasteiger partial charge is 0.251 e. The minimum atomic E-state index is -0.0252. The minimum absolute atomic E-state index is 0.0252. The number of anilines is 1. The molecule has 0 radical (unpaired) electrons. The van der Waals surface area contributed by atoms with Gasteiger partial charge in [0, 0.05) is 17.3 Å². The van der Waals surface area contributed by atoms with Gasteiger partial charge in [-0.3, -0.25) is 4.79 Å². The molecule has 0 heterocycles. The maximum atomic E-state index is 12.1. The van der Waals surface area contributed by atoms with Crippen molar-refractivity contribution in [1.29, 1.82) is 0 Å². The van der Waals surface area contributed by atoms with E-state index in [4.69, 9.17) is 5.73 Å². The fourth-order valence-corrected chi connectivity index (χ4v) is 2.00. The Labute approximate surface area is 110 Å². The number of nitrogen functional groups attached to an aromatic ring is 1. The first-order valence-corrected chi connectivity index (χ1v) is 6.63. The molecule has 3 nitrogen and oxygen atoms in total. The molecule has 0 spiro atoms. The molecular formula is C15H24N2O. The van der Waals surface area contributed by atoms with Gasteiger partial charge in [0.25, 0.3) is 5.91 Å². The zero-order valence-corrected chi connectivity index (χ0v) is 11.8. The summed E-state index contributed by atoms with van der Waals surface area (Å²) < 4.78 is 0. The molecular weight excluding hydrogens is 224 g/mol. The molecule has 1 unspecified atom stereocenters.